The van der Waals surface area contributed by atoms with E-state index in [9.17, 15) is 48.0 Å². The maximum Gasteiger partial charge on any atom is 0.390 e. The molecule has 0 spiro atoms. The average molecular weight is 597 g/mol. The van der Waals surface area contributed by atoms with Crippen molar-refractivity contribution >= 4 is 28.9 Å². The Kier molecular flexibility index (Phi) is 7.89. The second kappa shape index (κ2) is 10.6. The van der Waals surface area contributed by atoms with Gasteiger partial charge in [0.05, 0.1) is 18.0 Å². The van der Waals surface area contributed by atoms with Gasteiger partial charge in [0.15, 0.2) is 11.4 Å². The number of likely N-dealkylation sites (N-methyl/N-ethyl adjacent to an activating group) is 1. The zero-order valence-electron chi connectivity index (χ0n) is 23.9. The number of halogens is 3. The van der Waals surface area contributed by atoms with E-state index in [-0.39, 0.29) is 42.6 Å². The van der Waals surface area contributed by atoms with Crippen LogP contribution in [0.25, 0.3) is 5.76 Å². The molecule has 1 amide bonds. The summed E-state index contributed by atoms with van der Waals surface area (Å²) in [6, 6.07) is 0.414. The number of aromatic hydroxyl groups is 1. The number of aliphatic hydroxyl groups excluding tert-OH is 2. The number of carbonyl (C=O) groups excluding carboxylic acids is 3. The number of hydrogen-bond acceptors (Lipinski definition) is 10. The topological polar surface area (TPSA) is 168 Å². The molecule has 14 heteroatoms. The first-order chi connectivity index (χ1) is 19.3. The van der Waals surface area contributed by atoms with E-state index >= 15 is 0 Å². The zero-order chi connectivity index (χ0) is 31.6. The minimum Gasteiger partial charge on any atom is -0.508 e. The third-order valence-corrected chi connectivity index (χ3v) is 8.48. The molecule has 1 fully saturated rings. The highest BCUT2D eigenvalue weighted by Gasteiger charge is 2.64. The first kappa shape index (κ1) is 31.3. The summed E-state index contributed by atoms with van der Waals surface area (Å²) in [4.78, 5) is 43.8. The summed E-state index contributed by atoms with van der Waals surface area (Å²) in [6.45, 7) is -0.459. The van der Waals surface area contributed by atoms with Crippen LogP contribution in [-0.2, 0) is 27.3 Å². The molecule has 1 aromatic rings. The fraction of sp³-hybridized carbons (Fsp3) is 0.536. The number of carbonyl (C=O) groups is 3. The van der Waals surface area contributed by atoms with E-state index in [1.807, 2.05) is 0 Å². The Labute approximate surface area is 240 Å². The van der Waals surface area contributed by atoms with E-state index in [4.69, 9.17) is 5.73 Å². The average Bonchev–Trinajstić information content (AvgIpc) is 2.85. The first-order valence-electron chi connectivity index (χ1n) is 13.3. The standard InChI is InChI=1S/C28H35F3N4O7/c1-33(2)16-10-13(11-35(5)7-6-27(29,30)31)21(36)18-14(16)8-12-9-15-20(34(3)4)23(38)19(26(32)41)25(40)28(15,42)24(39)17(12)22(18)37/h10,12,15,20,36-37,40,42H,6-9,11H2,1-5H3,(H2,32,41)/t12-,15-,20-,28-/m0/s1. The third-order valence-electron chi connectivity index (χ3n) is 8.48. The summed E-state index contributed by atoms with van der Waals surface area (Å²) >= 11 is 0. The van der Waals surface area contributed by atoms with Gasteiger partial charge in [-0.25, -0.2) is 0 Å². The normalized spacial score (nSPS) is 26.0. The molecule has 0 unspecified atom stereocenters. The van der Waals surface area contributed by atoms with Crippen molar-refractivity contribution in [3.05, 3.63) is 39.7 Å². The number of amides is 1. The highest BCUT2D eigenvalue weighted by atomic mass is 19.4. The largest absolute Gasteiger partial charge is 0.508 e. The van der Waals surface area contributed by atoms with Gasteiger partial charge in [0, 0.05) is 49.9 Å². The third kappa shape index (κ3) is 4.90. The fourth-order valence-corrected chi connectivity index (χ4v) is 6.55. The predicted molar refractivity (Wildman–Crippen MR) is 146 cm³/mol. The quantitative estimate of drug-likeness (QED) is 0.290. The summed E-state index contributed by atoms with van der Waals surface area (Å²) in [5.74, 6) is -7.54. The van der Waals surface area contributed by atoms with Crippen LogP contribution in [-0.4, -0.2) is 107 Å². The van der Waals surface area contributed by atoms with Crippen molar-refractivity contribution in [3.63, 3.8) is 0 Å². The van der Waals surface area contributed by atoms with Gasteiger partial charge in [0.25, 0.3) is 5.91 Å². The number of phenolic OH excluding ortho intramolecular Hbond substituents is 1. The summed E-state index contributed by atoms with van der Waals surface area (Å²) in [5.41, 5.74) is 2.46. The Hall–Kier alpha value is -3.62. The first-order valence-corrected chi connectivity index (χ1v) is 13.3. The Morgan fingerprint density at radius 3 is 2.26 bits per heavy atom. The van der Waals surface area contributed by atoms with Crippen LogP contribution in [0.5, 0.6) is 5.75 Å². The smallest absolute Gasteiger partial charge is 0.390 e. The maximum atomic E-state index is 14.0. The predicted octanol–water partition coefficient (Wildman–Crippen LogP) is 1.41. The number of hydrogen-bond donors (Lipinski definition) is 5. The number of anilines is 1. The molecule has 4 atom stereocenters. The highest BCUT2D eigenvalue weighted by molar-refractivity contribution is 6.24. The van der Waals surface area contributed by atoms with Crippen molar-refractivity contribution in [2.75, 3.05) is 46.7 Å². The maximum absolute atomic E-state index is 14.0. The number of phenols is 1. The van der Waals surface area contributed by atoms with E-state index in [0.717, 1.165) is 0 Å². The van der Waals surface area contributed by atoms with Crippen LogP contribution in [0, 0.1) is 11.8 Å². The molecule has 0 heterocycles. The number of fused-ring (bicyclic) bond motifs is 3. The second-order valence-electron chi connectivity index (χ2n) is 11.7. The van der Waals surface area contributed by atoms with Crippen molar-refractivity contribution in [3.8, 4) is 5.75 Å². The van der Waals surface area contributed by atoms with Crippen molar-refractivity contribution in [1.29, 1.82) is 0 Å². The van der Waals surface area contributed by atoms with Gasteiger partial charge < -0.3 is 36.0 Å². The molecule has 1 aromatic carbocycles. The van der Waals surface area contributed by atoms with Gasteiger partial charge >= 0.3 is 6.18 Å². The minimum absolute atomic E-state index is 0.0542. The Morgan fingerprint density at radius 1 is 1.12 bits per heavy atom. The molecule has 3 aliphatic rings. The molecular formula is C28H35F3N4O7. The minimum atomic E-state index is -4.37. The molecule has 0 radical (unpaired) electrons. The van der Waals surface area contributed by atoms with E-state index in [1.165, 1.54) is 30.9 Å². The number of alkyl halides is 3. The zero-order valence-corrected chi connectivity index (χ0v) is 23.9. The van der Waals surface area contributed by atoms with Crippen molar-refractivity contribution < 1.29 is 48.0 Å². The Morgan fingerprint density at radius 2 is 1.74 bits per heavy atom. The van der Waals surface area contributed by atoms with Crippen molar-refractivity contribution in [2.24, 2.45) is 17.6 Å². The number of Topliss-reactive ketones (excluding diaryl/α,β-unsaturated/α-hetero) is 2. The molecular weight excluding hydrogens is 561 g/mol. The van der Waals surface area contributed by atoms with E-state index in [1.54, 1.807) is 25.1 Å². The van der Waals surface area contributed by atoms with Crippen molar-refractivity contribution in [2.45, 2.75) is 43.6 Å². The van der Waals surface area contributed by atoms with Crippen LogP contribution < -0.4 is 10.6 Å². The molecule has 0 aromatic heterocycles. The highest BCUT2D eigenvalue weighted by Crippen LogP contribution is 2.54. The number of primary amides is 1. The Balaban J connectivity index is 1.89. The summed E-state index contributed by atoms with van der Waals surface area (Å²) < 4.78 is 38.3. The van der Waals surface area contributed by atoms with Gasteiger partial charge in [0.1, 0.15) is 22.8 Å². The van der Waals surface area contributed by atoms with Crippen LogP contribution >= 0.6 is 0 Å². The number of benzene rings is 1. The Bertz CT molecular complexity index is 1420. The molecule has 1 saturated carbocycles. The summed E-state index contributed by atoms with van der Waals surface area (Å²) in [7, 11) is 7.90. The molecule has 230 valence electrons. The molecule has 0 saturated heterocycles. The lowest BCUT2D eigenvalue weighted by atomic mass is 9.57. The number of aliphatic hydroxyl groups is 3. The molecule has 42 heavy (non-hydrogen) atoms. The number of nitrogens with zero attached hydrogens (tertiary/aromatic N) is 3. The lowest BCUT2D eigenvalue weighted by molar-refractivity contribution is -0.153. The van der Waals surface area contributed by atoms with Gasteiger partial charge in [0.2, 0.25) is 5.78 Å². The molecule has 4 rings (SSSR count). The van der Waals surface area contributed by atoms with Crippen LogP contribution in [0.15, 0.2) is 23.0 Å². The molecule has 6 N–H and O–H groups in total. The number of rotatable bonds is 7. The summed E-state index contributed by atoms with van der Waals surface area (Å²) in [5, 5.41) is 45.5. The van der Waals surface area contributed by atoms with Crippen LogP contribution in [0.4, 0.5) is 18.9 Å². The van der Waals surface area contributed by atoms with Crippen molar-refractivity contribution in [1.82, 2.24) is 9.80 Å². The monoisotopic (exact) mass is 596 g/mol. The fourth-order valence-electron chi connectivity index (χ4n) is 6.55. The van der Waals surface area contributed by atoms with E-state index < -0.39 is 76.4 Å². The van der Waals surface area contributed by atoms with Gasteiger partial charge in [-0.15, -0.1) is 0 Å². The number of nitrogens with two attached hydrogens (primary N) is 1. The van der Waals surface area contributed by atoms with Gasteiger partial charge in [-0.05, 0) is 51.5 Å². The van der Waals surface area contributed by atoms with Gasteiger partial charge in [-0.2, -0.15) is 13.2 Å². The van der Waals surface area contributed by atoms with Gasteiger partial charge in [-0.3, -0.25) is 19.3 Å². The SMILES string of the molecule is CN(CCC(F)(F)F)Cc1cc(N(C)C)c2c(c1O)C(O)=C1C(=O)[C@]3(O)C(O)=C(C(N)=O)C(=O)[C@@H](N(C)C)[C@@H]3C[C@@H]1C2. The van der Waals surface area contributed by atoms with Crippen LogP contribution in [0.2, 0.25) is 0 Å². The molecule has 11 nitrogen and oxygen atoms in total. The molecule has 0 bridgehead atoms. The van der Waals surface area contributed by atoms with E-state index in [2.05, 4.69) is 0 Å². The summed E-state index contributed by atoms with van der Waals surface area (Å²) in [6.07, 6.45) is -5.40. The molecule has 0 aliphatic heterocycles. The lowest BCUT2D eigenvalue weighted by Gasteiger charge is -2.50. The van der Waals surface area contributed by atoms with Crippen LogP contribution in [0.1, 0.15) is 29.5 Å². The second-order valence-corrected chi connectivity index (χ2v) is 11.7. The number of ketones is 2. The van der Waals surface area contributed by atoms with Gasteiger partial charge in [-0.1, -0.05) is 0 Å². The lowest BCUT2D eigenvalue weighted by Crippen LogP contribution is -2.65. The van der Waals surface area contributed by atoms with E-state index in [0.29, 0.717) is 11.3 Å². The molecule has 3 aliphatic carbocycles. The van der Waals surface area contributed by atoms with Crippen LogP contribution in [0.3, 0.4) is 0 Å².